The zero-order chi connectivity index (χ0) is 22.5. The Morgan fingerprint density at radius 2 is 1.23 bits per heavy atom. The maximum Gasteiger partial charge on any atom is 0.326 e. The number of carbonyl (C=O) groups is 1. The van der Waals surface area contributed by atoms with Crippen molar-refractivity contribution in [1.29, 1.82) is 0 Å². The maximum absolute atomic E-state index is 13.3. The number of ether oxygens (including phenoxy) is 1. The fourth-order valence-corrected chi connectivity index (χ4v) is 5.44. The van der Waals surface area contributed by atoms with E-state index in [1.807, 2.05) is 91.0 Å². The number of methoxy groups -OCH3 is 1. The minimum absolute atomic E-state index is 0.625. The summed E-state index contributed by atoms with van der Waals surface area (Å²) in [7, 11) is -2.89. The molecule has 0 aliphatic carbocycles. The maximum atomic E-state index is 13.3. The van der Waals surface area contributed by atoms with Crippen molar-refractivity contribution in [2.45, 2.75) is 11.6 Å². The second-order valence-electron chi connectivity index (χ2n) is 7.09. The van der Waals surface area contributed by atoms with E-state index >= 15 is 0 Å². The minimum atomic E-state index is -4.06. The van der Waals surface area contributed by atoms with Gasteiger partial charge in [0.1, 0.15) is 11.6 Å². The lowest BCUT2D eigenvalue weighted by Gasteiger charge is -2.46. The normalized spacial score (nSPS) is 13.0. The van der Waals surface area contributed by atoms with Crippen molar-refractivity contribution in [1.82, 2.24) is 4.31 Å². The predicted molar refractivity (Wildman–Crippen MR) is 119 cm³/mol. The third kappa shape index (κ3) is 4.25. The lowest BCUT2D eigenvalue weighted by Crippen LogP contribution is -2.59. The van der Waals surface area contributed by atoms with E-state index in [2.05, 4.69) is 0 Å². The van der Waals surface area contributed by atoms with E-state index in [0.29, 0.717) is 16.7 Å². The largest absolute Gasteiger partial charge is 0.468 e. The van der Waals surface area contributed by atoms with Crippen LogP contribution in [-0.4, -0.2) is 49.8 Å². The number of rotatable bonds is 8. The van der Waals surface area contributed by atoms with E-state index in [0.717, 1.165) is 10.6 Å². The number of nitrogens with zero attached hydrogens (tertiary/aromatic N) is 1. The Kier molecular flexibility index (Phi) is 6.90. The van der Waals surface area contributed by atoms with Gasteiger partial charge in [-0.3, -0.25) is 4.79 Å². The van der Waals surface area contributed by atoms with Crippen molar-refractivity contribution in [3.05, 3.63) is 108 Å². The highest BCUT2D eigenvalue weighted by Crippen LogP contribution is 2.45. The molecule has 0 heterocycles. The van der Waals surface area contributed by atoms with Gasteiger partial charge in [0.2, 0.25) is 10.0 Å². The highest BCUT2D eigenvalue weighted by atomic mass is 32.2. The first-order valence-electron chi connectivity index (χ1n) is 9.72. The molecule has 0 bridgehead atoms. The van der Waals surface area contributed by atoms with Gasteiger partial charge in [-0.1, -0.05) is 91.0 Å². The summed E-state index contributed by atoms with van der Waals surface area (Å²) in [5, 5.41) is 10.2. The van der Waals surface area contributed by atoms with E-state index in [9.17, 15) is 18.3 Å². The second-order valence-corrected chi connectivity index (χ2v) is 8.95. The molecule has 162 valence electrons. The van der Waals surface area contributed by atoms with E-state index in [1.165, 1.54) is 7.11 Å². The van der Waals surface area contributed by atoms with Gasteiger partial charge in [-0.2, -0.15) is 4.31 Å². The first kappa shape index (κ1) is 22.7. The number of sulfonamides is 1. The molecule has 3 rings (SSSR count). The molecule has 31 heavy (non-hydrogen) atoms. The molecular weight excluding hydrogens is 414 g/mol. The molecule has 3 aromatic rings. The fourth-order valence-electron chi connectivity index (χ4n) is 4.01. The molecule has 0 saturated heterocycles. The average Bonchev–Trinajstić information content (AvgIpc) is 2.80. The van der Waals surface area contributed by atoms with Gasteiger partial charge in [0.15, 0.2) is 0 Å². The van der Waals surface area contributed by atoms with Gasteiger partial charge >= 0.3 is 5.97 Å². The summed E-state index contributed by atoms with van der Waals surface area (Å²) in [4.78, 5) is 12.7. The lowest BCUT2D eigenvalue weighted by molar-refractivity contribution is -0.147. The van der Waals surface area contributed by atoms with Gasteiger partial charge in [0.25, 0.3) is 0 Å². The molecule has 0 aliphatic rings. The quantitative estimate of drug-likeness (QED) is 0.431. The molecule has 6 nitrogen and oxygen atoms in total. The number of benzene rings is 3. The molecule has 0 aliphatic heterocycles. The smallest absolute Gasteiger partial charge is 0.326 e. The summed E-state index contributed by atoms with van der Waals surface area (Å²) in [5.41, 5.74) is 0.444. The van der Waals surface area contributed by atoms with E-state index < -0.39 is 34.2 Å². The molecule has 3 aromatic carbocycles. The van der Waals surface area contributed by atoms with E-state index in [4.69, 9.17) is 4.74 Å². The number of hydrogen-bond donors (Lipinski definition) is 1. The van der Waals surface area contributed by atoms with Gasteiger partial charge in [-0.25, -0.2) is 8.42 Å². The monoisotopic (exact) mass is 439 g/mol. The van der Waals surface area contributed by atoms with Gasteiger partial charge in [-0.15, -0.1) is 0 Å². The molecule has 0 saturated carbocycles. The molecule has 1 N–H and O–H groups in total. The number of carbonyl (C=O) groups excluding carboxylic acids is 1. The van der Waals surface area contributed by atoms with Crippen molar-refractivity contribution in [3.63, 3.8) is 0 Å². The number of aliphatic hydroxyl groups excluding tert-OH is 1. The zero-order valence-corrected chi connectivity index (χ0v) is 18.2. The van der Waals surface area contributed by atoms with Crippen molar-refractivity contribution in [3.8, 4) is 0 Å². The van der Waals surface area contributed by atoms with Gasteiger partial charge in [0.05, 0.1) is 20.0 Å². The Bertz CT molecular complexity index is 1010. The van der Waals surface area contributed by atoms with Crippen LogP contribution in [0.3, 0.4) is 0 Å². The van der Waals surface area contributed by atoms with Crippen LogP contribution in [0.25, 0.3) is 0 Å². The van der Waals surface area contributed by atoms with Crippen LogP contribution in [0.5, 0.6) is 0 Å². The first-order chi connectivity index (χ1) is 14.9. The lowest BCUT2D eigenvalue weighted by atomic mass is 9.76. The summed E-state index contributed by atoms with van der Waals surface area (Å²) >= 11 is 0. The molecule has 0 amide bonds. The summed E-state index contributed by atoms with van der Waals surface area (Å²) in [6.07, 6.45) is 1.03. The Morgan fingerprint density at radius 1 is 0.871 bits per heavy atom. The minimum Gasteiger partial charge on any atom is -0.468 e. The third-order valence-corrected chi connectivity index (χ3v) is 6.43. The highest BCUT2D eigenvalue weighted by Gasteiger charge is 2.51. The van der Waals surface area contributed by atoms with Crippen molar-refractivity contribution in [2.24, 2.45) is 0 Å². The molecule has 0 aromatic heterocycles. The zero-order valence-electron chi connectivity index (χ0n) is 17.4. The van der Waals surface area contributed by atoms with Crippen LogP contribution in [0.4, 0.5) is 0 Å². The van der Waals surface area contributed by atoms with Crippen LogP contribution >= 0.6 is 0 Å². The molecule has 7 heteroatoms. The van der Waals surface area contributed by atoms with Crippen LogP contribution in [-0.2, 0) is 25.1 Å². The standard InChI is InChI=1S/C24H25NO5S/c1-30-23(27)22(18-26)25(31(2,28)29)24(19-12-6-3-7-13-19,20-14-8-4-9-15-20)21-16-10-5-11-17-21/h3-17,22,26H,18H2,1-2H3/t22-/m1/s1. The van der Waals surface area contributed by atoms with Crippen molar-refractivity contribution in [2.75, 3.05) is 20.0 Å². The van der Waals surface area contributed by atoms with Crippen LogP contribution in [0.2, 0.25) is 0 Å². The van der Waals surface area contributed by atoms with Crippen LogP contribution < -0.4 is 0 Å². The molecule has 1 atom stereocenters. The van der Waals surface area contributed by atoms with Crippen molar-refractivity contribution < 1.29 is 23.1 Å². The topological polar surface area (TPSA) is 83.9 Å². The van der Waals surface area contributed by atoms with Crippen LogP contribution in [0.15, 0.2) is 91.0 Å². The molecule has 0 radical (unpaired) electrons. The summed E-state index contributed by atoms with van der Waals surface area (Å²) in [5.74, 6) is -0.847. The number of esters is 1. The Morgan fingerprint density at radius 3 is 1.48 bits per heavy atom. The van der Waals surface area contributed by atoms with Gasteiger partial charge < -0.3 is 9.84 Å². The fraction of sp³-hybridized carbons (Fsp3) is 0.208. The Balaban J connectivity index is 2.53. The third-order valence-electron chi connectivity index (χ3n) is 5.19. The van der Waals surface area contributed by atoms with Crippen LogP contribution in [0, 0.1) is 0 Å². The predicted octanol–water partition coefficient (Wildman–Crippen LogP) is 2.77. The van der Waals surface area contributed by atoms with Crippen LogP contribution in [0.1, 0.15) is 16.7 Å². The van der Waals surface area contributed by atoms with E-state index in [1.54, 1.807) is 0 Å². The van der Waals surface area contributed by atoms with E-state index in [-0.39, 0.29) is 0 Å². The molecular formula is C24H25NO5S. The number of hydrogen-bond acceptors (Lipinski definition) is 5. The van der Waals surface area contributed by atoms with Crippen molar-refractivity contribution >= 4 is 16.0 Å². The summed E-state index contributed by atoms with van der Waals surface area (Å²) in [6.45, 7) is -0.742. The number of aliphatic hydroxyl groups is 1. The summed E-state index contributed by atoms with van der Waals surface area (Å²) < 4.78 is 32.6. The Labute approximate surface area is 182 Å². The van der Waals surface area contributed by atoms with Gasteiger partial charge in [-0.05, 0) is 16.7 Å². The summed E-state index contributed by atoms with van der Waals surface area (Å²) in [6, 6.07) is 25.7. The second kappa shape index (κ2) is 9.43. The first-order valence-corrected chi connectivity index (χ1v) is 11.6. The molecule has 0 fully saturated rings. The highest BCUT2D eigenvalue weighted by molar-refractivity contribution is 7.88. The average molecular weight is 440 g/mol. The Hall–Kier alpha value is -3.00. The molecule has 0 spiro atoms. The SMILES string of the molecule is COC(=O)[C@@H](CO)N(C(c1ccccc1)(c1ccccc1)c1ccccc1)S(C)(=O)=O. The van der Waals surface area contributed by atoms with Gasteiger partial charge in [0, 0.05) is 0 Å². The molecule has 0 unspecified atom stereocenters.